The third-order valence-corrected chi connectivity index (χ3v) is 4.35. The van der Waals surface area contributed by atoms with Crippen molar-refractivity contribution in [3.63, 3.8) is 0 Å². The van der Waals surface area contributed by atoms with Crippen molar-refractivity contribution in [3.8, 4) is 5.75 Å². The van der Waals surface area contributed by atoms with Gasteiger partial charge in [-0.3, -0.25) is 4.79 Å². The van der Waals surface area contributed by atoms with Gasteiger partial charge in [-0.2, -0.15) is 13.2 Å². The molecule has 0 atom stereocenters. The average Bonchev–Trinajstić information content (AvgIpc) is 2.63. The van der Waals surface area contributed by atoms with Gasteiger partial charge in [-0.1, -0.05) is 11.6 Å². The van der Waals surface area contributed by atoms with Gasteiger partial charge < -0.3 is 14.9 Å². The molecule has 1 aliphatic heterocycles. The quantitative estimate of drug-likeness (QED) is 0.889. The molecule has 0 spiro atoms. The zero-order chi connectivity index (χ0) is 18.9. The van der Waals surface area contributed by atoms with Crippen LogP contribution >= 0.6 is 0 Å². The minimum Gasteiger partial charge on any atom is -0.507 e. The first-order valence-corrected chi connectivity index (χ1v) is 8.13. The lowest BCUT2D eigenvalue weighted by Crippen LogP contribution is -2.49. The molecule has 2 aromatic rings. The van der Waals surface area contributed by atoms with Gasteiger partial charge in [0.15, 0.2) is 0 Å². The van der Waals surface area contributed by atoms with Crippen LogP contribution in [0.5, 0.6) is 5.75 Å². The second kappa shape index (κ2) is 6.86. The molecule has 0 saturated carbocycles. The SMILES string of the molecule is Cc1ccc(O)c(C(=O)N2CCN(c3ccc(C(F)(F)F)cn3)CC2)c1. The number of halogens is 3. The van der Waals surface area contributed by atoms with Gasteiger partial charge in [0.1, 0.15) is 11.6 Å². The molecule has 8 heteroatoms. The molecule has 26 heavy (non-hydrogen) atoms. The molecule has 3 rings (SSSR count). The van der Waals surface area contributed by atoms with E-state index in [1.165, 1.54) is 12.1 Å². The maximum atomic E-state index is 12.6. The minimum atomic E-state index is -4.41. The second-order valence-corrected chi connectivity index (χ2v) is 6.20. The van der Waals surface area contributed by atoms with Crippen LogP contribution in [0, 0.1) is 6.92 Å². The van der Waals surface area contributed by atoms with Crippen LogP contribution in [0.25, 0.3) is 0 Å². The normalized spacial score (nSPS) is 15.2. The molecule has 0 bridgehead atoms. The molecule has 1 amide bonds. The molecule has 0 radical (unpaired) electrons. The Labute approximate surface area is 148 Å². The van der Waals surface area contributed by atoms with Gasteiger partial charge in [0, 0.05) is 32.4 Å². The number of anilines is 1. The molecule has 138 valence electrons. The van der Waals surface area contributed by atoms with Gasteiger partial charge in [-0.15, -0.1) is 0 Å². The van der Waals surface area contributed by atoms with E-state index in [2.05, 4.69) is 4.98 Å². The second-order valence-electron chi connectivity index (χ2n) is 6.20. The molecule has 1 saturated heterocycles. The monoisotopic (exact) mass is 365 g/mol. The smallest absolute Gasteiger partial charge is 0.417 e. The van der Waals surface area contributed by atoms with E-state index in [-0.39, 0.29) is 17.2 Å². The largest absolute Gasteiger partial charge is 0.507 e. The summed E-state index contributed by atoms with van der Waals surface area (Å²) >= 11 is 0. The predicted octanol–water partition coefficient (Wildman–Crippen LogP) is 3.08. The number of piperazine rings is 1. The Kier molecular flexibility index (Phi) is 4.76. The van der Waals surface area contributed by atoms with Crippen molar-refractivity contribution in [2.75, 3.05) is 31.1 Å². The molecule has 1 fully saturated rings. The summed E-state index contributed by atoms with van der Waals surface area (Å²) in [4.78, 5) is 19.9. The van der Waals surface area contributed by atoms with Crippen molar-refractivity contribution in [1.29, 1.82) is 0 Å². The fraction of sp³-hybridized carbons (Fsp3) is 0.333. The first kappa shape index (κ1) is 18.0. The number of pyridine rings is 1. The van der Waals surface area contributed by atoms with Crippen LogP contribution < -0.4 is 4.90 Å². The molecule has 0 unspecified atom stereocenters. The summed E-state index contributed by atoms with van der Waals surface area (Å²) in [6.45, 7) is 3.54. The fourth-order valence-electron chi connectivity index (χ4n) is 2.87. The zero-order valence-corrected chi connectivity index (χ0v) is 14.1. The van der Waals surface area contributed by atoms with Gasteiger partial charge >= 0.3 is 6.18 Å². The molecule has 1 aromatic heterocycles. The van der Waals surface area contributed by atoms with E-state index in [0.717, 1.165) is 17.8 Å². The number of carbonyl (C=O) groups is 1. The van der Waals surface area contributed by atoms with E-state index in [0.29, 0.717) is 32.0 Å². The molecular formula is C18H18F3N3O2. The highest BCUT2D eigenvalue weighted by Gasteiger charge is 2.31. The third kappa shape index (κ3) is 3.74. The summed E-state index contributed by atoms with van der Waals surface area (Å²) in [7, 11) is 0. The number of phenolic OH excluding ortho intramolecular Hbond substituents is 1. The topological polar surface area (TPSA) is 56.7 Å². The lowest BCUT2D eigenvalue weighted by Gasteiger charge is -2.35. The van der Waals surface area contributed by atoms with E-state index < -0.39 is 11.7 Å². The highest BCUT2D eigenvalue weighted by Crippen LogP contribution is 2.29. The van der Waals surface area contributed by atoms with Crippen LogP contribution in [0.1, 0.15) is 21.5 Å². The van der Waals surface area contributed by atoms with Crippen LogP contribution in [0.15, 0.2) is 36.5 Å². The Bertz CT molecular complexity index is 798. The van der Waals surface area contributed by atoms with Crippen LogP contribution in [0.4, 0.5) is 19.0 Å². The number of carbonyl (C=O) groups excluding carboxylic acids is 1. The Balaban J connectivity index is 1.65. The molecule has 5 nitrogen and oxygen atoms in total. The number of hydrogen-bond donors (Lipinski definition) is 1. The highest BCUT2D eigenvalue weighted by molar-refractivity contribution is 5.97. The molecule has 1 aromatic carbocycles. The molecule has 1 N–H and O–H groups in total. The molecular weight excluding hydrogens is 347 g/mol. The number of aryl methyl sites for hydroxylation is 1. The van der Waals surface area contributed by atoms with Crippen LogP contribution in [-0.2, 0) is 6.18 Å². The van der Waals surface area contributed by atoms with Crippen LogP contribution in [-0.4, -0.2) is 47.1 Å². The zero-order valence-electron chi connectivity index (χ0n) is 14.1. The number of hydrogen-bond acceptors (Lipinski definition) is 4. The van der Waals surface area contributed by atoms with Crippen molar-refractivity contribution in [3.05, 3.63) is 53.2 Å². The number of aromatic nitrogens is 1. The molecule has 0 aliphatic carbocycles. The average molecular weight is 365 g/mol. The van der Waals surface area contributed by atoms with E-state index in [1.54, 1.807) is 17.0 Å². The van der Waals surface area contributed by atoms with E-state index in [1.807, 2.05) is 11.8 Å². The van der Waals surface area contributed by atoms with E-state index >= 15 is 0 Å². The number of rotatable bonds is 2. The van der Waals surface area contributed by atoms with Crippen molar-refractivity contribution >= 4 is 11.7 Å². The summed E-state index contributed by atoms with van der Waals surface area (Å²) in [6, 6.07) is 7.20. The van der Waals surface area contributed by atoms with Gasteiger partial charge in [-0.25, -0.2) is 4.98 Å². The summed E-state index contributed by atoms with van der Waals surface area (Å²) in [6.07, 6.45) is -3.59. The predicted molar refractivity (Wildman–Crippen MR) is 90.2 cm³/mol. The third-order valence-electron chi connectivity index (χ3n) is 4.35. The Morgan fingerprint density at radius 1 is 1.12 bits per heavy atom. The Morgan fingerprint density at radius 3 is 2.38 bits per heavy atom. The lowest BCUT2D eigenvalue weighted by atomic mass is 10.1. The van der Waals surface area contributed by atoms with Gasteiger partial charge in [-0.05, 0) is 31.2 Å². The maximum absolute atomic E-state index is 12.6. The minimum absolute atomic E-state index is 0.0626. The van der Waals surface area contributed by atoms with E-state index in [9.17, 15) is 23.1 Å². The number of nitrogens with zero attached hydrogens (tertiary/aromatic N) is 3. The number of alkyl halides is 3. The first-order chi connectivity index (χ1) is 12.3. The van der Waals surface area contributed by atoms with Crippen LogP contribution in [0.2, 0.25) is 0 Å². The summed E-state index contributed by atoms with van der Waals surface area (Å²) in [5, 5.41) is 9.90. The van der Waals surface area contributed by atoms with E-state index in [4.69, 9.17) is 0 Å². The van der Waals surface area contributed by atoms with Crippen molar-refractivity contribution < 1.29 is 23.1 Å². The van der Waals surface area contributed by atoms with Gasteiger partial charge in [0.2, 0.25) is 0 Å². The maximum Gasteiger partial charge on any atom is 0.417 e. The summed E-state index contributed by atoms with van der Waals surface area (Å²) in [5.41, 5.74) is 0.342. The number of phenols is 1. The number of amides is 1. The number of aromatic hydroxyl groups is 1. The Hall–Kier alpha value is -2.77. The first-order valence-electron chi connectivity index (χ1n) is 8.13. The molecule has 2 heterocycles. The molecule has 1 aliphatic rings. The Morgan fingerprint density at radius 2 is 1.81 bits per heavy atom. The van der Waals surface area contributed by atoms with Gasteiger partial charge in [0.05, 0.1) is 11.1 Å². The fourth-order valence-corrected chi connectivity index (χ4v) is 2.87. The van der Waals surface area contributed by atoms with Crippen molar-refractivity contribution in [2.24, 2.45) is 0 Å². The van der Waals surface area contributed by atoms with Crippen molar-refractivity contribution in [1.82, 2.24) is 9.88 Å². The van der Waals surface area contributed by atoms with Gasteiger partial charge in [0.25, 0.3) is 5.91 Å². The lowest BCUT2D eigenvalue weighted by molar-refractivity contribution is -0.137. The highest BCUT2D eigenvalue weighted by atomic mass is 19.4. The summed E-state index contributed by atoms with van der Waals surface area (Å²) < 4.78 is 37.8. The standard InChI is InChI=1S/C18H18F3N3O2/c1-12-2-4-15(25)14(10-12)17(26)24-8-6-23(7-9-24)16-5-3-13(11-22-16)18(19,20)21/h2-5,10-11,25H,6-9H2,1H3. The summed E-state index contributed by atoms with van der Waals surface area (Å²) in [5.74, 6) is 0.127. The number of benzene rings is 1. The van der Waals surface area contributed by atoms with Crippen molar-refractivity contribution in [2.45, 2.75) is 13.1 Å². The van der Waals surface area contributed by atoms with Crippen LogP contribution in [0.3, 0.4) is 0 Å².